The molecule has 1 fully saturated rings. The topological polar surface area (TPSA) is 110 Å². The van der Waals surface area contributed by atoms with Crippen molar-refractivity contribution in [2.45, 2.75) is 90.4 Å². The molecule has 0 spiro atoms. The molecule has 3 aromatic carbocycles. The second kappa shape index (κ2) is 14.0. The van der Waals surface area contributed by atoms with Crippen molar-refractivity contribution in [3.63, 3.8) is 0 Å². The molecule has 9 heteroatoms. The van der Waals surface area contributed by atoms with E-state index in [4.69, 9.17) is 14.2 Å². The van der Waals surface area contributed by atoms with Crippen molar-refractivity contribution in [1.29, 1.82) is 0 Å². The van der Waals surface area contributed by atoms with Crippen LogP contribution in [0.1, 0.15) is 77.6 Å². The van der Waals surface area contributed by atoms with Gasteiger partial charge < -0.3 is 35.5 Å². The van der Waals surface area contributed by atoms with Crippen molar-refractivity contribution in [2.24, 2.45) is 0 Å². The van der Waals surface area contributed by atoms with Crippen LogP contribution in [-0.4, -0.2) is 42.3 Å². The van der Waals surface area contributed by atoms with Gasteiger partial charge in [0.1, 0.15) is 17.6 Å². The van der Waals surface area contributed by atoms with Gasteiger partial charge >= 0.3 is 6.03 Å². The van der Waals surface area contributed by atoms with Gasteiger partial charge in [0.05, 0.1) is 7.11 Å². The fraction of sp³-hybridized carbons (Fsp3) is 0.429. The number of piperidine rings is 1. The number of methoxy groups -OCH3 is 1. The van der Waals surface area contributed by atoms with E-state index in [0.29, 0.717) is 34.2 Å². The maximum Gasteiger partial charge on any atom is 0.319 e. The molecule has 0 atom stereocenters. The highest BCUT2D eigenvalue weighted by Crippen LogP contribution is 2.35. The Morgan fingerprint density at radius 1 is 0.818 bits per heavy atom. The summed E-state index contributed by atoms with van der Waals surface area (Å²) in [6.45, 7) is 12.9. The predicted molar refractivity (Wildman–Crippen MR) is 175 cm³/mol. The first-order chi connectivity index (χ1) is 20.9. The van der Waals surface area contributed by atoms with E-state index in [-0.39, 0.29) is 35.2 Å². The SMILES string of the molecule is CCC(CC)NC(=O)Nc1ccc(Oc2ccc(NC(=O)c3ccc(OC4CC(C)(C)NC(C)(C)C4)cc3)cc2)c(OC)c1. The molecule has 0 bridgehead atoms. The first-order valence-electron chi connectivity index (χ1n) is 15.3. The van der Waals surface area contributed by atoms with Crippen molar-refractivity contribution < 1.29 is 23.8 Å². The Labute approximate surface area is 261 Å². The minimum absolute atomic E-state index is 0.00715. The minimum Gasteiger partial charge on any atom is -0.493 e. The fourth-order valence-electron chi connectivity index (χ4n) is 5.80. The molecular weight excluding hydrogens is 556 g/mol. The fourth-order valence-corrected chi connectivity index (χ4v) is 5.80. The zero-order valence-electron chi connectivity index (χ0n) is 26.9. The zero-order valence-corrected chi connectivity index (χ0v) is 26.9. The van der Waals surface area contributed by atoms with Crippen LogP contribution in [0.2, 0.25) is 0 Å². The number of carbonyl (C=O) groups is 2. The van der Waals surface area contributed by atoms with Gasteiger partial charge in [-0.15, -0.1) is 0 Å². The first kappa shape index (κ1) is 32.7. The third kappa shape index (κ3) is 9.13. The Morgan fingerprint density at radius 3 is 2.00 bits per heavy atom. The standard InChI is InChI=1S/C35H46N4O5/c1-8-24(9-2)37-33(41)38-26-14-19-30(31(20-26)42-7)44-28-17-12-25(13-18-28)36-32(40)23-10-15-27(16-11-23)43-29-21-34(3,4)39-35(5,6)22-29/h10-20,24,29,39H,8-9,21-22H2,1-7H3,(H,36,40)(H2,37,38,41). The second-order valence-corrected chi connectivity index (χ2v) is 12.6. The Kier molecular flexibility index (Phi) is 10.4. The average Bonchev–Trinajstić information content (AvgIpc) is 2.96. The minimum atomic E-state index is -0.262. The molecule has 1 aliphatic heterocycles. The third-order valence-corrected chi connectivity index (χ3v) is 7.65. The molecular formula is C35H46N4O5. The summed E-state index contributed by atoms with van der Waals surface area (Å²) in [6, 6.07) is 19.4. The molecule has 0 radical (unpaired) electrons. The molecule has 3 aromatic rings. The van der Waals surface area contributed by atoms with Crippen LogP contribution in [0, 0.1) is 0 Å². The van der Waals surface area contributed by atoms with E-state index in [1.165, 1.54) is 0 Å². The summed E-state index contributed by atoms with van der Waals surface area (Å²) in [4.78, 5) is 25.2. The molecule has 1 heterocycles. The summed E-state index contributed by atoms with van der Waals surface area (Å²) >= 11 is 0. The molecule has 4 rings (SSSR count). The maximum atomic E-state index is 12.9. The van der Waals surface area contributed by atoms with E-state index >= 15 is 0 Å². The molecule has 44 heavy (non-hydrogen) atoms. The van der Waals surface area contributed by atoms with Crippen molar-refractivity contribution in [2.75, 3.05) is 17.7 Å². The molecule has 1 aliphatic rings. The summed E-state index contributed by atoms with van der Waals surface area (Å²) in [5.74, 6) is 2.08. The molecule has 0 aliphatic carbocycles. The van der Waals surface area contributed by atoms with Gasteiger partial charge in [0.25, 0.3) is 5.91 Å². The highest BCUT2D eigenvalue weighted by molar-refractivity contribution is 6.04. The lowest BCUT2D eigenvalue weighted by atomic mass is 9.81. The van der Waals surface area contributed by atoms with Crippen LogP contribution in [0.5, 0.6) is 23.0 Å². The maximum absolute atomic E-state index is 12.9. The van der Waals surface area contributed by atoms with Crippen LogP contribution < -0.4 is 35.5 Å². The quantitative estimate of drug-likeness (QED) is 0.179. The smallest absolute Gasteiger partial charge is 0.319 e. The number of nitrogens with one attached hydrogen (secondary N) is 4. The summed E-state index contributed by atoms with van der Waals surface area (Å²) in [7, 11) is 1.54. The zero-order chi connectivity index (χ0) is 31.9. The summed E-state index contributed by atoms with van der Waals surface area (Å²) in [5.41, 5.74) is 1.75. The van der Waals surface area contributed by atoms with Gasteiger partial charge in [-0.3, -0.25) is 4.79 Å². The number of ether oxygens (including phenoxy) is 3. The number of hydrogen-bond acceptors (Lipinski definition) is 6. The molecule has 236 valence electrons. The number of urea groups is 1. The lowest BCUT2D eigenvalue weighted by Crippen LogP contribution is -2.60. The van der Waals surface area contributed by atoms with E-state index in [0.717, 1.165) is 31.4 Å². The highest BCUT2D eigenvalue weighted by Gasteiger charge is 2.38. The van der Waals surface area contributed by atoms with Gasteiger partial charge in [0, 0.05) is 53.0 Å². The number of rotatable bonds is 11. The number of anilines is 2. The van der Waals surface area contributed by atoms with Crippen LogP contribution in [0.25, 0.3) is 0 Å². The Balaban J connectivity index is 1.32. The third-order valence-electron chi connectivity index (χ3n) is 7.65. The van der Waals surface area contributed by atoms with E-state index in [9.17, 15) is 9.59 Å². The Morgan fingerprint density at radius 2 is 1.41 bits per heavy atom. The van der Waals surface area contributed by atoms with Crippen LogP contribution in [0.15, 0.2) is 66.7 Å². The van der Waals surface area contributed by atoms with Gasteiger partial charge in [-0.05, 0) is 101 Å². The molecule has 0 aromatic heterocycles. The predicted octanol–water partition coefficient (Wildman–Crippen LogP) is 7.74. The van der Waals surface area contributed by atoms with Crippen LogP contribution in [0.3, 0.4) is 0 Å². The van der Waals surface area contributed by atoms with E-state index < -0.39 is 0 Å². The number of carbonyl (C=O) groups excluding carboxylic acids is 2. The Bertz CT molecular complexity index is 1400. The molecule has 0 unspecified atom stereocenters. The van der Waals surface area contributed by atoms with Crippen molar-refractivity contribution >= 4 is 23.3 Å². The van der Waals surface area contributed by atoms with Gasteiger partial charge in [-0.25, -0.2) is 4.79 Å². The number of amides is 3. The van der Waals surface area contributed by atoms with Gasteiger partial charge in [-0.1, -0.05) is 13.8 Å². The van der Waals surface area contributed by atoms with Crippen molar-refractivity contribution in [3.8, 4) is 23.0 Å². The summed E-state index contributed by atoms with van der Waals surface area (Å²) in [5, 5.41) is 12.4. The molecule has 9 nitrogen and oxygen atoms in total. The highest BCUT2D eigenvalue weighted by atomic mass is 16.5. The second-order valence-electron chi connectivity index (χ2n) is 12.6. The van der Waals surface area contributed by atoms with E-state index in [1.54, 1.807) is 61.7 Å². The normalized spacial score (nSPS) is 15.7. The Hall–Kier alpha value is -4.24. The average molecular weight is 603 g/mol. The van der Waals surface area contributed by atoms with Crippen molar-refractivity contribution in [3.05, 3.63) is 72.3 Å². The summed E-state index contributed by atoms with van der Waals surface area (Å²) < 4.78 is 17.8. The van der Waals surface area contributed by atoms with Crippen LogP contribution >= 0.6 is 0 Å². The van der Waals surface area contributed by atoms with Gasteiger partial charge in [0.15, 0.2) is 11.5 Å². The first-order valence-corrected chi connectivity index (χ1v) is 15.3. The van der Waals surface area contributed by atoms with E-state index in [1.807, 2.05) is 26.0 Å². The van der Waals surface area contributed by atoms with Crippen LogP contribution in [-0.2, 0) is 0 Å². The monoisotopic (exact) mass is 602 g/mol. The molecule has 0 saturated carbocycles. The lowest BCUT2D eigenvalue weighted by molar-refractivity contribution is 0.0559. The molecule has 4 N–H and O–H groups in total. The summed E-state index contributed by atoms with van der Waals surface area (Å²) in [6.07, 6.45) is 3.64. The van der Waals surface area contributed by atoms with Crippen LogP contribution in [0.4, 0.5) is 16.2 Å². The lowest BCUT2D eigenvalue weighted by Gasteiger charge is -2.46. The van der Waals surface area contributed by atoms with Gasteiger partial charge in [0.2, 0.25) is 0 Å². The van der Waals surface area contributed by atoms with E-state index in [2.05, 4.69) is 49.0 Å². The molecule has 1 saturated heterocycles. The van der Waals surface area contributed by atoms with Crippen molar-refractivity contribution in [1.82, 2.24) is 10.6 Å². The number of benzene rings is 3. The largest absolute Gasteiger partial charge is 0.493 e. The molecule has 3 amide bonds. The van der Waals surface area contributed by atoms with Gasteiger partial charge in [-0.2, -0.15) is 0 Å². The number of hydrogen-bond donors (Lipinski definition) is 4.